The Morgan fingerprint density at radius 1 is 1.19 bits per heavy atom. The lowest BCUT2D eigenvalue weighted by Crippen LogP contribution is -2.43. The molecule has 0 atom stereocenters. The van der Waals surface area contributed by atoms with Gasteiger partial charge in [0.15, 0.2) is 0 Å². The predicted molar refractivity (Wildman–Crippen MR) is 55.5 cm³/mol. The Morgan fingerprint density at radius 2 is 1.88 bits per heavy atom. The first kappa shape index (κ1) is 10.9. The Morgan fingerprint density at radius 3 is 2.44 bits per heavy atom. The van der Waals surface area contributed by atoms with E-state index in [0.29, 0.717) is 0 Å². The molecule has 0 radical (unpaired) electrons. The second kappa shape index (κ2) is 4.51. The fourth-order valence-corrected chi connectivity index (χ4v) is 2.02. The number of carbonyl (C=O) groups is 3. The van der Waals surface area contributed by atoms with Crippen LogP contribution in [0.2, 0.25) is 0 Å². The first-order chi connectivity index (χ1) is 7.66. The molecule has 0 aromatic rings. The Hall–Kier alpha value is -1.59. The highest BCUT2D eigenvalue weighted by atomic mass is 16.2. The van der Waals surface area contributed by atoms with E-state index in [-0.39, 0.29) is 24.9 Å². The Kier molecular flexibility index (Phi) is 3.07. The van der Waals surface area contributed by atoms with Gasteiger partial charge in [-0.15, -0.1) is 0 Å². The van der Waals surface area contributed by atoms with Crippen LogP contribution >= 0.6 is 0 Å². The van der Waals surface area contributed by atoms with Crippen LogP contribution in [0.3, 0.4) is 0 Å². The molecule has 2 heterocycles. The minimum absolute atomic E-state index is 0.00157. The summed E-state index contributed by atoms with van der Waals surface area (Å²) in [6, 6.07) is -0.463. The van der Waals surface area contributed by atoms with Crippen molar-refractivity contribution in [2.75, 3.05) is 26.2 Å². The molecule has 88 valence electrons. The summed E-state index contributed by atoms with van der Waals surface area (Å²) in [5, 5.41) is 2.15. The zero-order valence-corrected chi connectivity index (χ0v) is 9.07. The lowest BCUT2D eigenvalue weighted by Gasteiger charge is -2.28. The second-order valence-electron chi connectivity index (χ2n) is 4.15. The smallest absolute Gasteiger partial charge is 0.325 e. The van der Waals surface area contributed by atoms with Crippen LogP contribution in [0.15, 0.2) is 0 Å². The van der Waals surface area contributed by atoms with Crippen molar-refractivity contribution in [1.82, 2.24) is 15.1 Å². The summed E-state index contributed by atoms with van der Waals surface area (Å²) in [7, 11) is 0. The molecule has 0 aliphatic carbocycles. The number of imide groups is 1. The molecule has 0 unspecified atom stereocenters. The summed E-state index contributed by atoms with van der Waals surface area (Å²) in [4.78, 5) is 37.0. The maximum Gasteiger partial charge on any atom is 0.325 e. The number of urea groups is 1. The summed E-state index contributed by atoms with van der Waals surface area (Å²) >= 11 is 0. The van der Waals surface area contributed by atoms with Crippen LogP contribution in [-0.2, 0) is 9.59 Å². The average Bonchev–Trinajstić information content (AvgIpc) is 2.59. The summed E-state index contributed by atoms with van der Waals surface area (Å²) in [5.74, 6) is -0.402. The zero-order chi connectivity index (χ0) is 11.5. The van der Waals surface area contributed by atoms with E-state index in [1.165, 1.54) is 4.90 Å². The van der Waals surface area contributed by atoms with Gasteiger partial charge in [-0.1, -0.05) is 0 Å². The van der Waals surface area contributed by atoms with Crippen molar-refractivity contribution in [2.24, 2.45) is 0 Å². The lowest BCUT2D eigenvalue weighted by atomic mass is 10.1. The van der Waals surface area contributed by atoms with Crippen molar-refractivity contribution in [3.63, 3.8) is 0 Å². The van der Waals surface area contributed by atoms with Gasteiger partial charge >= 0.3 is 6.03 Å². The van der Waals surface area contributed by atoms with E-state index < -0.39 is 6.03 Å². The van der Waals surface area contributed by atoms with E-state index in [1.807, 2.05) is 0 Å². The minimum Gasteiger partial charge on any atom is -0.341 e. The highest BCUT2D eigenvalue weighted by molar-refractivity contribution is 6.03. The number of hydrogen-bond donors (Lipinski definition) is 1. The van der Waals surface area contributed by atoms with Crippen molar-refractivity contribution in [2.45, 2.75) is 19.3 Å². The van der Waals surface area contributed by atoms with Crippen molar-refractivity contribution in [3.8, 4) is 0 Å². The number of likely N-dealkylation sites (tertiary alicyclic amines) is 1. The van der Waals surface area contributed by atoms with E-state index in [4.69, 9.17) is 0 Å². The number of nitrogens with one attached hydrogen (secondary N) is 1. The normalized spacial score (nSPS) is 21.2. The lowest BCUT2D eigenvalue weighted by molar-refractivity contribution is -0.132. The summed E-state index contributed by atoms with van der Waals surface area (Å²) < 4.78 is 0. The molecule has 6 heteroatoms. The van der Waals surface area contributed by atoms with Crippen LogP contribution in [0.5, 0.6) is 0 Å². The summed E-state index contributed by atoms with van der Waals surface area (Å²) in [6.45, 7) is 1.54. The minimum atomic E-state index is -0.463. The number of piperidine rings is 1. The standard InChI is InChI=1S/C10H15N3O3/c14-8-6-13(10(16)11-8)7-9(15)12-4-2-1-3-5-12/h1-7H2,(H,11,14,16). The third kappa shape index (κ3) is 2.32. The predicted octanol–water partition coefficient (Wildman–Crippen LogP) is -0.449. The van der Waals surface area contributed by atoms with Crippen molar-refractivity contribution < 1.29 is 14.4 Å². The molecule has 2 fully saturated rings. The molecule has 0 aromatic carbocycles. The zero-order valence-electron chi connectivity index (χ0n) is 9.07. The SMILES string of the molecule is O=C1CN(CC(=O)N2CCCCC2)C(=O)N1. The van der Waals surface area contributed by atoms with Gasteiger partial charge in [0.1, 0.15) is 13.1 Å². The monoisotopic (exact) mass is 225 g/mol. The van der Waals surface area contributed by atoms with Gasteiger partial charge in [0, 0.05) is 13.1 Å². The summed E-state index contributed by atoms with van der Waals surface area (Å²) in [6.07, 6.45) is 3.21. The first-order valence-electron chi connectivity index (χ1n) is 5.53. The van der Waals surface area contributed by atoms with Gasteiger partial charge in [0.2, 0.25) is 11.8 Å². The fraction of sp³-hybridized carbons (Fsp3) is 0.700. The van der Waals surface area contributed by atoms with Crippen LogP contribution in [-0.4, -0.2) is 53.8 Å². The second-order valence-corrected chi connectivity index (χ2v) is 4.15. The molecule has 0 aromatic heterocycles. The number of rotatable bonds is 2. The molecule has 1 N–H and O–H groups in total. The molecule has 2 saturated heterocycles. The van der Waals surface area contributed by atoms with Gasteiger partial charge in [0.25, 0.3) is 0 Å². The molecular weight excluding hydrogens is 210 g/mol. The molecule has 6 nitrogen and oxygen atoms in total. The number of nitrogens with zero attached hydrogens (tertiary/aromatic N) is 2. The van der Waals surface area contributed by atoms with Crippen LogP contribution in [0, 0.1) is 0 Å². The van der Waals surface area contributed by atoms with E-state index in [1.54, 1.807) is 4.90 Å². The molecular formula is C10H15N3O3. The number of hydrogen-bond acceptors (Lipinski definition) is 3. The van der Waals surface area contributed by atoms with E-state index in [9.17, 15) is 14.4 Å². The Bertz CT molecular complexity index is 323. The average molecular weight is 225 g/mol. The molecule has 0 saturated carbocycles. The van der Waals surface area contributed by atoms with Crippen LogP contribution in [0.4, 0.5) is 4.79 Å². The van der Waals surface area contributed by atoms with Gasteiger partial charge in [-0.2, -0.15) is 0 Å². The van der Waals surface area contributed by atoms with E-state index >= 15 is 0 Å². The van der Waals surface area contributed by atoms with Crippen LogP contribution in [0.1, 0.15) is 19.3 Å². The molecule has 2 aliphatic heterocycles. The number of amides is 4. The van der Waals surface area contributed by atoms with Gasteiger partial charge < -0.3 is 9.80 Å². The molecule has 0 bridgehead atoms. The van der Waals surface area contributed by atoms with Gasteiger partial charge in [0.05, 0.1) is 0 Å². The summed E-state index contributed by atoms with van der Waals surface area (Å²) in [5.41, 5.74) is 0. The van der Waals surface area contributed by atoms with Gasteiger partial charge in [-0.3, -0.25) is 14.9 Å². The first-order valence-corrected chi connectivity index (χ1v) is 5.53. The molecule has 4 amide bonds. The quantitative estimate of drug-likeness (QED) is 0.647. The van der Waals surface area contributed by atoms with Gasteiger partial charge in [-0.05, 0) is 19.3 Å². The molecule has 2 rings (SSSR count). The third-order valence-corrected chi connectivity index (χ3v) is 2.90. The highest BCUT2D eigenvalue weighted by Gasteiger charge is 2.29. The van der Waals surface area contributed by atoms with Crippen molar-refractivity contribution in [1.29, 1.82) is 0 Å². The van der Waals surface area contributed by atoms with Crippen molar-refractivity contribution >= 4 is 17.8 Å². The largest absolute Gasteiger partial charge is 0.341 e. The van der Waals surface area contributed by atoms with Crippen LogP contribution < -0.4 is 5.32 Å². The third-order valence-electron chi connectivity index (χ3n) is 2.90. The van der Waals surface area contributed by atoms with E-state index in [0.717, 1.165) is 32.4 Å². The highest BCUT2D eigenvalue weighted by Crippen LogP contribution is 2.09. The van der Waals surface area contributed by atoms with Crippen molar-refractivity contribution in [3.05, 3.63) is 0 Å². The maximum absolute atomic E-state index is 11.8. The number of carbonyl (C=O) groups excluding carboxylic acids is 3. The Labute approximate surface area is 93.6 Å². The Balaban J connectivity index is 1.86. The van der Waals surface area contributed by atoms with Crippen LogP contribution in [0.25, 0.3) is 0 Å². The fourth-order valence-electron chi connectivity index (χ4n) is 2.02. The molecule has 0 spiro atoms. The maximum atomic E-state index is 11.8. The van der Waals surface area contributed by atoms with E-state index in [2.05, 4.69) is 5.32 Å². The molecule has 16 heavy (non-hydrogen) atoms. The topological polar surface area (TPSA) is 69.7 Å². The van der Waals surface area contributed by atoms with Gasteiger partial charge in [-0.25, -0.2) is 4.79 Å². The molecule has 2 aliphatic rings.